The standard InChI is InChI=1S/C23H21N3O3S/c1-15(21-24-18-7-3-5-9-20(18)30-21)25-10-12-26(13-11-25)22(27)17-14-16-6-2-4-8-19(16)29-23(17)28/h2-9,14-15H,10-13H2,1H3. The topological polar surface area (TPSA) is 66.7 Å². The molecule has 1 atom stereocenters. The summed E-state index contributed by atoms with van der Waals surface area (Å²) < 4.78 is 6.52. The molecule has 2 aromatic heterocycles. The minimum atomic E-state index is -0.580. The molecule has 0 aliphatic carbocycles. The molecule has 1 amide bonds. The van der Waals surface area contributed by atoms with Gasteiger partial charge in [0.1, 0.15) is 16.2 Å². The summed E-state index contributed by atoms with van der Waals surface area (Å²) in [4.78, 5) is 34.1. The number of hydrogen-bond donors (Lipinski definition) is 0. The van der Waals surface area contributed by atoms with Crippen LogP contribution in [0.5, 0.6) is 0 Å². The van der Waals surface area contributed by atoms with E-state index in [1.807, 2.05) is 30.3 Å². The predicted molar refractivity (Wildman–Crippen MR) is 118 cm³/mol. The number of aromatic nitrogens is 1. The summed E-state index contributed by atoms with van der Waals surface area (Å²) in [6, 6.07) is 17.2. The van der Waals surface area contributed by atoms with Crippen LogP contribution in [0.1, 0.15) is 28.3 Å². The van der Waals surface area contributed by atoms with Crippen LogP contribution >= 0.6 is 11.3 Å². The molecule has 0 spiro atoms. The minimum Gasteiger partial charge on any atom is -0.422 e. The number of rotatable bonds is 3. The number of piperazine rings is 1. The monoisotopic (exact) mass is 419 g/mol. The van der Waals surface area contributed by atoms with Gasteiger partial charge in [-0.3, -0.25) is 9.69 Å². The molecule has 2 aromatic carbocycles. The lowest BCUT2D eigenvalue weighted by molar-refractivity contribution is 0.0578. The van der Waals surface area contributed by atoms with E-state index in [4.69, 9.17) is 9.40 Å². The van der Waals surface area contributed by atoms with Gasteiger partial charge in [-0.25, -0.2) is 9.78 Å². The number of carbonyl (C=O) groups is 1. The van der Waals surface area contributed by atoms with E-state index in [-0.39, 0.29) is 17.5 Å². The van der Waals surface area contributed by atoms with E-state index < -0.39 is 5.63 Å². The first kappa shape index (κ1) is 19.0. The Morgan fingerprint density at radius 1 is 1.07 bits per heavy atom. The molecule has 4 aromatic rings. The maximum Gasteiger partial charge on any atom is 0.349 e. The third kappa shape index (κ3) is 3.40. The number of fused-ring (bicyclic) bond motifs is 2. The molecular weight excluding hydrogens is 398 g/mol. The zero-order chi connectivity index (χ0) is 20.7. The zero-order valence-corrected chi connectivity index (χ0v) is 17.4. The van der Waals surface area contributed by atoms with Gasteiger partial charge in [-0.15, -0.1) is 11.3 Å². The lowest BCUT2D eigenvalue weighted by Gasteiger charge is -2.37. The van der Waals surface area contributed by atoms with Crippen molar-refractivity contribution in [1.82, 2.24) is 14.8 Å². The second-order valence-electron chi connectivity index (χ2n) is 7.51. The van der Waals surface area contributed by atoms with Crippen molar-refractivity contribution in [2.24, 2.45) is 0 Å². The molecule has 30 heavy (non-hydrogen) atoms. The van der Waals surface area contributed by atoms with Gasteiger partial charge in [-0.2, -0.15) is 0 Å². The van der Waals surface area contributed by atoms with Gasteiger partial charge in [0.25, 0.3) is 5.91 Å². The number of nitrogens with zero attached hydrogens (tertiary/aromatic N) is 3. The second kappa shape index (κ2) is 7.66. The Morgan fingerprint density at radius 2 is 1.80 bits per heavy atom. The average molecular weight is 420 g/mol. The van der Waals surface area contributed by atoms with Crippen molar-refractivity contribution in [2.45, 2.75) is 13.0 Å². The number of hydrogen-bond acceptors (Lipinski definition) is 6. The summed E-state index contributed by atoms with van der Waals surface area (Å²) in [5.74, 6) is -0.262. The van der Waals surface area contributed by atoms with Gasteiger partial charge >= 0.3 is 5.63 Å². The van der Waals surface area contributed by atoms with Crippen molar-refractivity contribution in [3.63, 3.8) is 0 Å². The van der Waals surface area contributed by atoms with E-state index in [1.165, 1.54) is 4.70 Å². The van der Waals surface area contributed by atoms with Gasteiger partial charge in [0.2, 0.25) is 0 Å². The first-order valence-electron chi connectivity index (χ1n) is 10.0. The van der Waals surface area contributed by atoms with Crippen molar-refractivity contribution in [2.75, 3.05) is 26.2 Å². The molecule has 1 unspecified atom stereocenters. The first-order valence-corrected chi connectivity index (χ1v) is 10.8. The molecule has 0 bridgehead atoms. The highest BCUT2D eigenvalue weighted by atomic mass is 32.1. The molecule has 0 radical (unpaired) electrons. The summed E-state index contributed by atoms with van der Waals surface area (Å²) in [5, 5.41) is 1.84. The van der Waals surface area contributed by atoms with Crippen LogP contribution in [0.25, 0.3) is 21.2 Å². The molecule has 1 saturated heterocycles. The van der Waals surface area contributed by atoms with Crippen LogP contribution in [0.3, 0.4) is 0 Å². The highest BCUT2D eigenvalue weighted by Gasteiger charge is 2.28. The predicted octanol–water partition coefficient (Wildman–Crippen LogP) is 3.92. The van der Waals surface area contributed by atoms with Gasteiger partial charge in [0.15, 0.2) is 0 Å². The number of carbonyl (C=O) groups excluding carboxylic acids is 1. The van der Waals surface area contributed by atoms with E-state index >= 15 is 0 Å². The zero-order valence-electron chi connectivity index (χ0n) is 16.6. The summed E-state index contributed by atoms with van der Waals surface area (Å²) in [5.41, 5.74) is 1.04. The first-order chi connectivity index (χ1) is 14.6. The molecule has 1 aliphatic heterocycles. The van der Waals surface area contributed by atoms with Gasteiger partial charge in [-0.05, 0) is 31.2 Å². The van der Waals surface area contributed by atoms with Crippen LogP contribution in [-0.2, 0) is 0 Å². The van der Waals surface area contributed by atoms with Crippen LogP contribution < -0.4 is 5.63 Å². The lowest BCUT2D eigenvalue weighted by atomic mass is 10.1. The fourth-order valence-electron chi connectivity index (χ4n) is 3.92. The smallest absolute Gasteiger partial charge is 0.349 e. The molecule has 152 valence electrons. The van der Waals surface area contributed by atoms with Crippen molar-refractivity contribution < 1.29 is 9.21 Å². The maximum atomic E-state index is 13.0. The Hall–Kier alpha value is -3.03. The molecule has 1 aliphatic rings. The molecule has 7 heteroatoms. The summed E-state index contributed by atoms with van der Waals surface area (Å²) >= 11 is 1.72. The Kier molecular flexibility index (Phi) is 4.84. The SMILES string of the molecule is CC(c1nc2ccccc2s1)N1CCN(C(=O)c2cc3ccccc3oc2=O)CC1. The van der Waals surface area contributed by atoms with E-state index in [0.29, 0.717) is 18.7 Å². The maximum absolute atomic E-state index is 13.0. The fourth-order valence-corrected chi connectivity index (χ4v) is 4.97. The van der Waals surface area contributed by atoms with Crippen molar-refractivity contribution >= 4 is 38.4 Å². The van der Waals surface area contributed by atoms with Gasteiger partial charge in [-0.1, -0.05) is 30.3 Å². The largest absolute Gasteiger partial charge is 0.422 e. The normalized spacial score (nSPS) is 16.2. The van der Waals surface area contributed by atoms with Crippen molar-refractivity contribution in [3.8, 4) is 0 Å². The summed E-state index contributed by atoms with van der Waals surface area (Å²) in [6.07, 6.45) is 0. The van der Waals surface area contributed by atoms with Crippen molar-refractivity contribution in [1.29, 1.82) is 0 Å². The highest BCUT2D eigenvalue weighted by Crippen LogP contribution is 2.30. The summed E-state index contributed by atoms with van der Waals surface area (Å²) in [6.45, 7) is 4.78. The number of amides is 1. The third-order valence-corrected chi connectivity index (χ3v) is 6.90. The molecular formula is C23H21N3O3S. The molecule has 6 nitrogen and oxygen atoms in total. The molecule has 1 fully saturated rings. The quantitative estimate of drug-likeness (QED) is 0.471. The molecule has 3 heterocycles. The van der Waals surface area contributed by atoms with E-state index in [1.54, 1.807) is 34.4 Å². The fraction of sp³-hybridized carbons (Fsp3) is 0.261. The van der Waals surface area contributed by atoms with Crippen LogP contribution in [0.4, 0.5) is 0 Å². The summed E-state index contributed by atoms with van der Waals surface area (Å²) in [7, 11) is 0. The van der Waals surface area contributed by atoms with Gasteiger partial charge in [0.05, 0.1) is 16.3 Å². The van der Waals surface area contributed by atoms with Crippen LogP contribution in [0, 0.1) is 0 Å². The van der Waals surface area contributed by atoms with E-state index in [9.17, 15) is 9.59 Å². The Morgan fingerprint density at radius 3 is 2.60 bits per heavy atom. The minimum absolute atomic E-state index is 0.0985. The van der Waals surface area contributed by atoms with Crippen LogP contribution in [-0.4, -0.2) is 46.9 Å². The number of benzene rings is 2. The molecule has 5 rings (SSSR count). The van der Waals surface area contributed by atoms with Gasteiger partial charge in [0, 0.05) is 31.6 Å². The third-order valence-electron chi connectivity index (χ3n) is 5.69. The molecule has 0 N–H and O–H groups in total. The lowest BCUT2D eigenvalue weighted by Crippen LogP contribution is -2.49. The Bertz CT molecular complexity index is 1250. The molecule has 0 saturated carbocycles. The highest BCUT2D eigenvalue weighted by molar-refractivity contribution is 7.18. The Labute approximate surface area is 177 Å². The van der Waals surface area contributed by atoms with Crippen molar-refractivity contribution in [3.05, 3.63) is 75.6 Å². The average Bonchev–Trinajstić information content (AvgIpc) is 3.22. The number of para-hydroxylation sites is 2. The second-order valence-corrected chi connectivity index (χ2v) is 8.57. The van der Waals surface area contributed by atoms with E-state index in [0.717, 1.165) is 29.0 Å². The van der Waals surface area contributed by atoms with E-state index in [2.05, 4.69) is 17.9 Å². The van der Waals surface area contributed by atoms with Gasteiger partial charge < -0.3 is 9.32 Å². The number of thiazole rings is 1. The van der Waals surface area contributed by atoms with Crippen LogP contribution in [0.2, 0.25) is 0 Å². The Balaban J connectivity index is 1.30. The van der Waals surface area contributed by atoms with Crippen LogP contribution in [0.15, 0.2) is 63.8 Å².